The highest BCUT2D eigenvalue weighted by atomic mass is 16.5. The molecule has 2 aromatic carbocycles. The molecule has 3 unspecified atom stereocenters. The van der Waals surface area contributed by atoms with Crippen molar-refractivity contribution in [2.75, 3.05) is 12.4 Å². The number of phenols is 2. The summed E-state index contributed by atoms with van der Waals surface area (Å²) in [6.07, 6.45) is 5.43. The van der Waals surface area contributed by atoms with Gasteiger partial charge in [0.15, 0.2) is 11.5 Å². The van der Waals surface area contributed by atoms with E-state index in [1.807, 2.05) is 24.3 Å². The predicted octanol–water partition coefficient (Wildman–Crippen LogP) is 3.93. The fourth-order valence-corrected chi connectivity index (χ4v) is 3.80. The van der Waals surface area contributed by atoms with Gasteiger partial charge in [0.25, 0.3) is 0 Å². The predicted molar refractivity (Wildman–Crippen MR) is 89.1 cm³/mol. The van der Waals surface area contributed by atoms with Crippen molar-refractivity contribution in [1.29, 1.82) is 0 Å². The SMILES string of the molecule is COc1cc(C2Nc3ccc(O)cc3C3C=CCC32)ccc1O. The summed E-state index contributed by atoms with van der Waals surface area (Å²) in [5.74, 6) is 1.62. The van der Waals surface area contributed by atoms with Gasteiger partial charge in [0.1, 0.15) is 5.75 Å². The Morgan fingerprint density at radius 3 is 2.83 bits per heavy atom. The Morgan fingerprint density at radius 1 is 1.13 bits per heavy atom. The summed E-state index contributed by atoms with van der Waals surface area (Å²) in [6.45, 7) is 0. The number of nitrogens with one attached hydrogen (secondary N) is 1. The molecule has 0 aromatic heterocycles. The Kier molecular flexibility index (Phi) is 3.18. The highest BCUT2D eigenvalue weighted by molar-refractivity contribution is 5.62. The van der Waals surface area contributed by atoms with E-state index in [0.717, 1.165) is 23.2 Å². The van der Waals surface area contributed by atoms with Gasteiger partial charge in [-0.3, -0.25) is 0 Å². The lowest BCUT2D eigenvalue weighted by Crippen LogP contribution is -2.29. The quantitative estimate of drug-likeness (QED) is 0.581. The van der Waals surface area contributed by atoms with Crippen molar-refractivity contribution in [3.8, 4) is 17.2 Å². The van der Waals surface area contributed by atoms with E-state index in [1.54, 1.807) is 19.2 Å². The van der Waals surface area contributed by atoms with Gasteiger partial charge in [-0.15, -0.1) is 0 Å². The van der Waals surface area contributed by atoms with Crippen LogP contribution >= 0.6 is 0 Å². The van der Waals surface area contributed by atoms with Crippen LogP contribution in [0.3, 0.4) is 0 Å². The zero-order chi connectivity index (χ0) is 16.0. The molecule has 2 aromatic rings. The van der Waals surface area contributed by atoms with Crippen molar-refractivity contribution in [3.05, 3.63) is 59.7 Å². The van der Waals surface area contributed by atoms with Gasteiger partial charge in [0.05, 0.1) is 13.2 Å². The maximum absolute atomic E-state index is 9.82. The largest absolute Gasteiger partial charge is 0.508 e. The number of methoxy groups -OCH3 is 1. The number of hydrogen-bond acceptors (Lipinski definition) is 4. The molecular formula is C19H19NO3. The highest BCUT2D eigenvalue weighted by Crippen LogP contribution is 2.51. The van der Waals surface area contributed by atoms with Gasteiger partial charge >= 0.3 is 0 Å². The Bertz CT molecular complexity index is 784. The lowest BCUT2D eigenvalue weighted by molar-refractivity contribution is 0.370. The van der Waals surface area contributed by atoms with E-state index < -0.39 is 0 Å². The van der Waals surface area contributed by atoms with E-state index in [9.17, 15) is 10.2 Å². The van der Waals surface area contributed by atoms with Crippen molar-refractivity contribution in [1.82, 2.24) is 0 Å². The number of rotatable bonds is 2. The molecule has 0 spiro atoms. The van der Waals surface area contributed by atoms with Crippen LogP contribution < -0.4 is 10.1 Å². The molecule has 0 saturated heterocycles. The molecule has 0 fully saturated rings. The molecule has 4 nitrogen and oxygen atoms in total. The fraction of sp³-hybridized carbons (Fsp3) is 0.263. The Hall–Kier alpha value is -2.62. The summed E-state index contributed by atoms with van der Waals surface area (Å²) in [5.41, 5.74) is 3.29. The third-order valence-corrected chi connectivity index (χ3v) is 4.91. The molecular weight excluding hydrogens is 290 g/mol. The van der Waals surface area contributed by atoms with E-state index >= 15 is 0 Å². The maximum atomic E-state index is 9.82. The molecule has 1 aliphatic heterocycles. The smallest absolute Gasteiger partial charge is 0.160 e. The number of benzene rings is 2. The minimum Gasteiger partial charge on any atom is -0.508 e. The number of fused-ring (bicyclic) bond motifs is 3. The number of ether oxygens (including phenoxy) is 1. The van der Waals surface area contributed by atoms with Crippen LogP contribution in [0.4, 0.5) is 5.69 Å². The summed E-state index contributed by atoms with van der Waals surface area (Å²) < 4.78 is 5.25. The third kappa shape index (κ3) is 2.22. The van der Waals surface area contributed by atoms with Crippen molar-refractivity contribution in [2.24, 2.45) is 5.92 Å². The first-order valence-electron chi connectivity index (χ1n) is 7.80. The number of phenolic OH excluding ortho intramolecular Hbond substituents is 2. The second-order valence-electron chi connectivity index (χ2n) is 6.18. The van der Waals surface area contributed by atoms with Gasteiger partial charge in [-0.25, -0.2) is 0 Å². The number of aromatic hydroxyl groups is 2. The van der Waals surface area contributed by atoms with Gasteiger partial charge in [-0.05, 0) is 53.8 Å². The average Bonchev–Trinajstić information content (AvgIpc) is 3.05. The zero-order valence-corrected chi connectivity index (χ0v) is 12.9. The molecule has 0 saturated carbocycles. The second kappa shape index (κ2) is 5.23. The van der Waals surface area contributed by atoms with Crippen molar-refractivity contribution >= 4 is 5.69 Å². The molecule has 118 valence electrons. The summed E-state index contributed by atoms with van der Waals surface area (Å²) in [6, 6.07) is 11.1. The number of anilines is 1. The minimum atomic E-state index is 0.140. The molecule has 2 aliphatic rings. The van der Waals surface area contributed by atoms with Gasteiger partial charge < -0.3 is 20.3 Å². The van der Waals surface area contributed by atoms with Crippen molar-refractivity contribution < 1.29 is 14.9 Å². The van der Waals surface area contributed by atoms with Crippen LogP contribution in [0.15, 0.2) is 48.6 Å². The minimum absolute atomic E-state index is 0.140. The van der Waals surface area contributed by atoms with Crippen LogP contribution in [0, 0.1) is 5.92 Å². The van der Waals surface area contributed by atoms with E-state index in [4.69, 9.17) is 4.74 Å². The molecule has 0 bridgehead atoms. The monoisotopic (exact) mass is 309 g/mol. The van der Waals surface area contributed by atoms with Gasteiger partial charge in [-0.1, -0.05) is 18.2 Å². The lowest BCUT2D eigenvalue weighted by Gasteiger charge is -2.37. The first kappa shape index (κ1) is 14.0. The normalized spacial score (nSPS) is 24.7. The van der Waals surface area contributed by atoms with Crippen LogP contribution in [0.5, 0.6) is 17.2 Å². The van der Waals surface area contributed by atoms with E-state index in [2.05, 4.69) is 17.5 Å². The third-order valence-electron chi connectivity index (χ3n) is 4.91. The van der Waals surface area contributed by atoms with Crippen LogP contribution in [-0.2, 0) is 0 Å². The summed E-state index contributed by atoms with van der Waals surface area (Å²) >= 11 is 0. The summed E-state index contributed by atoms with van der Waals surface area (Å²) in [5, 5.41) is 23.2. The number of allylic oxidation sites excluding steroid dienone is 2. The first-order valence-corrected chi connectivity index (χ1v) is 7.80. The molecule has 3 atom stereocenters. The zero-order valence-electron chi connectivity index (χ0n) is 12.9. The topological polar surface area (TPSA) is 61.7 Å². The molecule has 0 amide bonds. The standard InChI is InChI=1S/C19H19NO3/c1-23-18-9-11(5-8-17(18)22)19-14-4-2-3-13(14)15-10-12(21)6-7-16(15)20-19/h2-3,5-10,13-14,19-22H,4H2,1H3. The highest BCUT2D eigenvalue weighted by Gasteiger charge is 2.38. The molecule has 1 aliphatic carbocycles. The fourth-order valence-electron chi connectivity index (χ4n) is 3.80. The molecule has 0 radical (unpaired) electrons. The first-order chi connectivity index (χ1) is 11.2. The molecule has 23 heavy (non-hydrogen) atoms. The summed E-state index contributed by atoms with van der Waals surface area (Å²) in [4.78, 5) is 0. The Balaban J connectivity index is 1.77. The Labute approximate surface area is 135 Å². The molecule has 4 heteroatoms. The van der Waals surface area contributed by atoms with E-state index in [-0.39, 0.29) is 11.8 Å². The maximum Gasteiger partial charge on any atom is 0.160 e. The summed E-state index contributed by atoms with van der Waals surface area (Å²) in [7, 11) is 1.56. The van der Waals surface area contributed by atoms with Crippen LogP contribution in [-0.4, -0.2) is 17.3 Å². The van der Waals surface area contributed by atoms with Crippen LogP contribution in [0.25, 0.3) is 0 Å². The van der Waals surface area contributed by atoms with Crippen LogP contribution in [0.2, 0.25) is 0 Å². The van der Waals surface area contributed by atoms with Gasteiger partial charge in [0, 0.05) is 11.6 Å². The molecule has 3 N–H and O–H groups in total. The lowest BCUT2D eigenvalue weighted by atomic mass is 9.77. The van der Waals surface area contributed by atoms with Crippen molar-refractivity contribution in [2.45, 2.75) is 18.4 Å². The van der Waals surface area contributed by atoms with E-state index in [0.29, 0.717) is 23.3 Å². The van der Waals surface area contributed by atoms with Gasteiger partial charge in [0.2, 0.25) is 0 Å². The molecule has 4 rings (SSSR count). The van der Waals surface area contributed by atoms with Crippen molar-refractivity contribution in [3.63, 3.8) is 0 Å². The Morgan fingerprint density at radius 2 is 2.00 bits per heavy atom. The second-order valence-corrected chi connectivity index (χ2v) is 6.18. The molecule has 1 heterocycles. The van der Waals surface area contributed by atoms with Gasteiger partial charge in [-0.2, -0.15) is 0 Å². The van der Waals surface area contributed by atoms with E-state index in [1.165, 1.54) is 0 Å². The number of hydrogen-bond donors (Lipinski definition) is 3. The van der Waals surface area contributed by atoms with Crippen LogP contribution in [0.1, 0.15) is 29.5 Å². The average molecular weight is 309 g/mol.